The summed E-state index contributed by atoms with van der Waals surface area (Å²) in [4.78, 5) is 9.97. The smallest absolute Gasteiger partial charge is 0.160 e. The summed E-state index contributed by atoms with van der Waals surface area (Å²) in [5.41, 5.74) is 15.9. The Hall–Kier alpha value is -6.11. The summed E-state index contributed by atoms with van der Waals surface area (Å²) >= 11 is 0. The van der Waals surface area contributed by atoms with Crippen LogP contribution in [0, 0.1) is 11.3 Å². The van der Waals surface area contributed by atoms with Gasteiger partial charge >= 0.3 is 0 Å². The molecular formula is C47H35N3. The first-order valence-electron chi connectivity index (χ1n) is 17.6. The zero-order valence-corrected chi connectivity index (χ0v) is 27.8. The van der Waals surface area contributed by atoms with Crippen molar-refractivity contribution in [2.24, 2.45) is 0 Å². The van der Waals surface area contributed by atoms with Crippen LogP contribution < -0.4 is 0 Å². The van der Waals surface area contributed by atoms with E-state index >= 15 is 0 Å². The van der Waals surface area contributed by atoms with Crippen LogP contribution in [0.2, 0.25) is 0 Å². The highest BCUT2D eigenvalue weighted by molar-refractivity contribution is 5.85. The molecule has 6 aromatic carbocycles. The second kappa shape index (κ2) is 12.4. The van der Waals surface area contributed by atoms with Crippen LogP contribution in [0.4, 0.5) is 0 Å². The Morgan fingerprint density at radius 3 is 1.72 bits per heavy atom. The molecule has 2 aliphatic rings. The summed E-state index contributed by atoms with van der Waals surface area (Å²) in [6.07, 6.45) is 6.11. The molecule has 0 amide bonds. The second-order valence-electron chi connectivity index (χ2n) is 13.6. The summed E-state index contributed by atoms with van der Waals surface area (Å²) in [6.45, 7) is 0. The van der Waals surface area contributed by atoms with Gasteiger partial charge in [-0.3, -0.25) is 0 Å². The lowest BCUT2D eigenvalue weighted by molar-refractivity contribution is 0.353. The summed E-state index contributed by atoms with van der Waals surface area (Å²) in [6, 6.07) is 55.9. The minimum atomic E-state index is 0.0437. The van der Waals surface area contributed by atoms with Crippen LogP contribution in [0.15, 0.2) is 152 Å². The molecule has 7 aromatic rings. The minimum absolute atomic E-state index is 0.0437. The van der Waals surface area contributed by atoms with E-state index in [-0.39, 0.29) is 5.41 Å². The maximum Gasteiger partial charge on any atom is 0.160 e. The van der Waals surface area contributed by atoms with Gasteiger partial charge in [-0.2, -0.15) is 5.26 Å². The average Bonchev–Trinajstić information content (AvgIpc) is 3.45. The van der Waals surface area contributed by atoms with E-state index in [1.165, 1.54) is 71.0 Å². The fourth-order valence-corrected chi connectivity index (χ4v) is 8.23. The van der Waals surface area contributed by atoms with E-state index in [4.69, 9.17) is 9.97 Å². The third-order valence-corrected chi connectivity index (χ3v) is 10.7. The molecule has 3 heteroatoms. The third-order valence-electron chi connectivity index (χ3n) is 10.7. The highest BCUT2D eigenvalue weighted by atomic mass is 14.9. The maximum absolute atomic E-state index is 9.66. The van der Waals surface area contributed by atoms with Gasteiger partial charge in [-0.15, -0.1) is 0 Å². The van der Waals surface area contributed by atoms with Crippen molar-refractivity contribution in [3.63, 3.8) is 0 Å². The molecule has 0 saturated heterocycles. The number of fused-ring (bicyclic) bond motifs is 5. The Balaban J connectivity index is 1.06. The highest BCUT2D eigenvalue weighted by Gasteiger charge is 2.43. The Kier molecular flexibility index (Phi) is 7.44. The van der Waals surface area contributed by atoms with E-state index in [2.05, 4.69) is 115 Å². The molecule has 1 aromatic heterocycles. The lowest BCUT2D eigenvalue weighted by Crippen LogP contribution is -2.28. The average molecular weight is 642 g/mol. The standard InChI is InChI=1S/C47H35N3/c48-31-32-17-24-42-41(27-32)40-23-22-39(29-43(40)47(42)25-8-3-9-26-47)38-16-10-15-37(28-38)33-18-20-35(21-19-33)45-30-44(34-11-4-1-5-12-34)49-46(50-45)36-13-6-2-7-14-36/h1-2,4-7,10-24,27-30H,3,8-9,25-26H2. The Morgan fingerprint density at radius 2 is 1.02 bits per heavy atom. The molecule has 1 spiro atoms. The van der Waals surface area contributed by atoms with Crippen LogP contribution in [0.1, 0.15) is 48.8 Å². The number of nitriles is 1. The molecule has 238 valence electrons. The van der Waals surface area contributed by atoms with E-state index in [1.807, 2.05) is 42.5 Å². The topological polar surface area (TPSA) is 49.6 Å². The molecule has 2 aliphatic carbocycles. The van der Waals surface area contributed by atoms with Gasteiger partial charge in [-0.1, -0.05) is 141 Å². The predicted molar refractivity (Wildman–Crippen MR) is 203 cm³/mol. The second-order valence-corrected chi connectivity index (χ2v) is 13.6. The van der Waals surface area contributed by atoms with E-state index in [1.54, 1.807) is 0 Å². The van der Waals surface area contributed by atoms with Gasteiger partial charge in [0, 0.05) is 22.1 Å². The van der Waals surface area contributed by atoms with Crippen molar-refractivity contribution in [2.75, 3.05) is 0 Å². The SMILES string of the molecule is N#Cc1ccc2c(c1)-c1ccc(-c3cccc(-c4ccc(-c5cc(-c6ccccc6)nc(-c6ccccc6)n5)cc4)c3)cc1C21CCCCC1. The first-order chi connectivity index (χ1) is 24.7. The van der Waals surface area contributed by atoms with Crippen LogP contribution in [0.5, 0.6) is 0 Å². The fourth-order valence-electron chi connectivity index (χ4n) is 8.23. The van der Waals surface area contributed by atoms with Crippen LogP contribution >= 0.6 is 0 Å². The Morgan fingerprint density at radius 1 is 0.440 bits per heavy atom. The number of aromatic nitrogens is 2. The van der Waals surface area contributed by atoms with Crippen LogP contribution in [-0.2, 0) is 5.41 Å². The van der Waals surface area contributed by atoms with Crippen LogP contribution in [0.3, 0.4) is 0 Å². The molecule has 9 rings (SSSR count). The van der Waals surface area contributed by atoms with Crippen molar-refractivity contribution < 1.29 is 0 Å². The summed E-state index contributed by atoms with van der Waals surface area (Å²) in [5, 5.41) is 9.66. The van der Waals surface area contributed by atoms with E-state index < -0.39 is 0 Å². The van der Waals surface area contributed by atoms with Gasteiger partial charge in [0.1, 0.15) is 0 Å². The van der Waals surface area contributed by atoms with E-state index in [9.17, 15) is 5.26 Å². The van der Waals surface area contributed by atoms with Crippen molar-refractivity contribution in [1.29, 1.82) is 5.26 Å². The van der Waals surface area contributed by atoms with Gasteiger partial charge in [0.25, 0.3) is 0 Å². The summed E-state index contributed by atoms with van der Waals surface area (Å²) in [5.74, 6) is 0.719. The molecular weight excluding hydrogens is 607 g/mol. The van der Waals surface area contributed by atoms with Crippen molar-refractivity contribution in [3.05, 3.63) is 168 Å². The van der Waals surface area contributed by atoms with Gasteiger partial charge in [0.15, 0.2) is 5.82 Å². The van der Waals surface area contributed by atoms with Gasteiger partial charge in [-0.05, 0) is 87.7 Å². The number of hydrogen-bond acceptors (Lipinski definition) is 3. The van der Waals surface area contributed by atoms with Crippen LogP contribution in [0.25, 0.3) is 67.3 Å². The number of hydrogen-bond donors (Lipinski definition) is 0. The summed E-state index contributed by atoms with van der Waals surface area (Å²) in [7, 11) is 0. The van der Waals surface area contributed by atoms with Gasteiger partial charge in [-0.25, -0.2) is 9.97 Å². The lowest BCUT2D eigenvalue weighted by atomic mass is 9.67. The normalized spacial score (nSPS) is 14.1. The molecule has 0 bridgehead atoms. The number of rotatable bonds is 5. The van der Waals surface area contributed by atoms with Crippen molar-refractivity contribution in [2.45, 2.75) is 37.5 Å². The highest BCUT2D eigenvalue weighted by Crippen LogP contribution is 2.56. The van der Waals surface area contributed by atoms with E-state index in [0.29, 0.717) is 0 Å². The fraction of sp³-hybridized carbons (Fsp3) is 0.128. The van der Waals surface area contributed by atoms with Crippen molar-refractivity contribution in [1.82, 2.24) is 9.97 Å². The molecule has 0 unspecified atom stereocenters. The van der Waals surface area contributed by atoms with Gasteiger partial charge in [0.2, 0.25) is 0 Å². The maximum atomic E-state index is 9.66. The Labute approximate surface area is 293 Å². The first kappa shape index (κ1) is 30.0. The molecule has 3 nitrogen and oxygen atoms in total. The van der Waals surface area contributed by atoms with Crippen molar-refractivity contribution >= 4 is 0 Å². The largest absolute Gasteiger partial charge is 0.228 e. The van der Waals surface area contributed by atoms with Gasteiger partial charge < -0.3 is 0 Å². The Bertz CT molecular complexity index is 2340. The zero-order valence-electron chi connectivity index (χ0n) is 27.8. The third kappa shape index (κ3) is 5.21. The molecule has 0 N–H and O–H groups in total. The minimum Gasteiger partial charge on any atom is -0.228 e. The molecule has 1 fully saturated rings. The molecule has 0 aliphatic heterocycles. The molecule has 1 saturated carbocycles. The summed E-state index contributed by atoms with van der Waals surface area (Å²) < 4.78 is 0. The molecule has 1 heterocycles. The monoisotopic (exact) mass is 641 g/mol. The van der Waals surface area contributed by atoms with Crippen LogP contribution in [-0.4, -0.2) is 9.97 Å². The quantitative estimate of drug-likeness (QED) is 0.188. The lowest BCUT2D eigenvalue weighted by Gasteiger charge is -2.36. The number of nitrogens with zero attached hydrogens (tertiary/aromatic N) is 3. The molecule has 0 radical (unpaired) electrons. The zero-order chi connectivity index (χ0) is 33.5. The molecule has 0 atom stereocenters. The van der Waals surface area contributed by atoms with Crippen molar-refractivity contribution in [3.8, 4) is 73.4 Å². The molecule has 50 heavy (non-hydrogen) atoms. The van der Waals surface area contributed by atoms with E-state index in [0.717, 1.165) is 45.0 Å². The first-order valence-corrected chi connectivity index (χ1v) is 17.6. The number of benzene rings is 6. The van der Waals surface area contributed by atoms with Gasteiger partial charge in [0.05, 0.1) is 23.0 Å². The predicted octanol–water partition coefficient (Wildman–Crippen LogP) is 11.9.